The highest BCUT2D eigenvalue weighted by Crippen LogP contribution is 2.29. The molecule has 0 aromatic heterocycles. The summed E-state index contributed by atoms with van der Waals surface area (Å²) in [6.07, 6.45) is 4.85. The Morgan fingerprint density at radius 2 is 2.00 bits per heavy atom. The molecule has 0 aromatic rings. The van der Waals surface area contributed by atoms with Crippen molar-refractivity contribution in [2.24, 2.45) is 17.8 Å². The third-order valence-electron chi connectivity index (χ3n) is 4.60. The van der Waals surface area contributed by atoms with Gasteiger partial charge in [0.2, 0.25) is 0 Å². The zero-order chi connectivity index (χ0) is 12.1. The van der Waals surface area contributed by atoms with Gasteiger partial charge in [0.15, 0.2) is 0 Å². The number of aliphatic hydroxyl groups excluding tert-OH is 1. The molecule has 0 heterocycles. The maximum Gasteiger partial charge on any atom is 0.0690 e. The summed E-state index contributed by atoms with van der Waals surface area (Å²) in [5.41, 5.74) is 0. The van der Waals surface area contributed by atoms with E-state index in [1.54, 1.807) is 0 Å². The molecule has 0 bridgehead atoms. The molecule has 16 heavy (non-hydrogen) atoms. The minimum atomic E-state index is -0.186. The molecule has 1 rings (SSSR count). The van der Waals surface area contributed by atoms with Gasteiger partial charge >= 0.3 is 0 Å². The van der Waals surface area contributed by atoms with Crippen LogP contribution >= 0.6 is 0 Å². The molecule has 0 aromatic carbocycles. The Kier molecular flexibility index (Phi) is 5.77. The van der Waals surface area contributed by atoms with Gasteiger partial charge in [-0.1, -0.05) is 47.0 Å². The van der Waals surface area contributed by atoms with E-state index >= 15 is 0 Å². The topological polar surface area (TPSA) is 32.3 Å². The van der Waals surface area contributed by atoms with Crippen LogP contribution in [0.5, 0.6) is 0 Å². The first kappa shape index (κ1) is 14.0. The van der Waals surface area contributed by atoms with Gasteiger partial charge in [0.25, 0.3) is 0 Å². The van der Waals surface area contributed by atoms with Crippen LogP contribution in [0, 0.1) is 17.8 Å². The van der Waals surface area contributed by atoms with Gasteiger partial charge in [-0.3, -0.25) is 0 Å². The first-order valence-corrected chi connectivity index (χ1v) is 6.97. The van der Waals surface area contributed by atoms with Crippen molar-refractivity contribution in [2.45, 2.75) is 65.5 Å². The third kappa shape index (κ3) is 3.74. The molecule has 96 valence electrons. The summed E-state index contributed by atoms with van der Waals surface area (Å²) in [4.78, 5) is 0. The Bertz CT molecular complexity index is 195. The zero-order valence-corrected chi connectivity index (χ0v) is 11.4. The molecule has 2 N–H and O–H groups in total. The van der Waals surface area contributed by atoms with E-state index in [0.717, 1.165) is 24.8 Å². The first-order chi connectivity index (χ1) is 7.56. The van der Waals surface area contributed by atoms with Crippen LogP contribution in [0.3, 0.4) is 0 Å². The van der Waals surface area contributed by atoms with Crippen LogP contribution in [-0.4, -0.2) is 23.8 Å². The van der Waals surface area contributed by atoms with Crippen LogP contribution in [0.15, 0.2) is 0 Å². The number of rotatable bonds is 5. The van der Waals surface area contributed by atoms with Gasteiger partial charge in [-0.15, -0.1) is 0 Å². The molecule has 1 fully saturated rings. The molecule has 2 nitrogen and oxygen atoms in total. The van der Waals surface area contributed by atoms with Crippen LogP contribution in [0.2, 0.25) is 0 Å². The van der Waals surface area contributed by atoms with Gasteiger partial charge < -0.3 is 10.4 Å². The van der Waals surface area contributed by atoms with E-state index in [0.29, 0.717) is 12.0 Å². The fraction of sp³-hybridized carbons (Fsp3) is 1.00. The Morgan fingerprint density at radius 1 is 1.31 bits per heavy atom. The summed E-state index contributed by atoms with van der Waals surface area (Å²) >= 11 is 0. The molecular formula is C14H29NO. The quantitative estimate of drug-likeness (QED) is 0.757. The largest absolute Gasteiger partial charge is 0.392 e. The second-order valence-electron chi connectivity index (χ2n) is 5.73. The van der Waals surface area contributed by atoms with Crippen molar-refractivity contribution in [1.82, 2.24) is 5.32 Å². The average Bonchev–Trinajstić information content (AvgIpc) is 2.29. The number of hydrogen-bond acceptors (Lipinski definition) is 2. The highest BCUT2D eigenvalue weighted by atomic mass is 16.3. The lowest BCUT2D eigenvalue weighted by molar-refractivity contribution is 0.0985. The Morgan fingerprint density at radius 3 is 2.62 bits per heavy atom. The summed E-state index contributed by atoms with van der Waals surface area (Å²) in [7, 11) is 0. The maximum atomic E-state index is 9.94. The van der Waals surface area contributed by atoms with Crippen LogP contribution in [0.25, 0.3) is 0 Å². The fourth-order valence-electron chi connectivity index (χ4n) is 2.62. The molecule has 0 saturated heterocycles. The minimum absolute atomic E-state index is 0.186. The van der Waals surface area contributed by atoms with Crippen molar-refractivity contribution < 1.29 is 5.11 Å². The predicted molar refractivity (Wildman–Crippen MR) is 69.4 cm³/mol. The van der Waals surface area contributed by atoms with Gasteiger partial charge in [0.1, 0.15) is 0 Å². The van der Waals surface area contributed by atoms with E-state index in [-0.39, 0.29) is 6.10 Å². The molecule has 5 unspecified atom stereocenters. The van der Waals surface area contributed by atoms with Gasteiger partial charge in [-0.05, 0) is 24.2 Å². The lowest BCUT2D eigenvalue weighted by Crippen LogP contribution is -2.44. The number of aliphatic hydroxyl groups is 1. The van der Waals surface area contributed by atoms with E-state index < -0.39 is 0 Å². The maximum absolute atomic E-state index is 9.94. The molecule has 1 aliphatic carbocycles. The van der Waals surface area contributed by atoms with E-state index in [4.69, 9.17) is 0 Å². The summed E-state index contributed by atoms with van der Waals surface area (Å²) in [5, 5.41) is 13.5. The van der Waals surface area contributed by atoms with Crippen LogP contribution < -0.4 is 5.32 Å². The van der Waals surface area contributed by atoms with Gasteiger partial charge in [0.05, 0.1) is 6.10 Å². The molecule has 0 radical (unpaired) electrons. The molecule has 1 saturated carbocycles. The van der Waals surface area contributed by atoms with E-state index in [2.05, 4.69) is 33.0 Å². The SMILES string of the molecule is CCC(C)C(O)CNC1CCCC(C)C1C. The van der Waals surface area contributed by atoms with Gasteiger partial charge in [-0.25, -0.2) is 0 Å². The fourth-order valence-corrected chi connectivity index (χ4v) is 2.62. The van der Waals surface area contributed by atoms with E-state index in [1.165, 1.54) is 19.3 Å². The lowest BCUT2D eigenvalue weighted by atomic mass is 9.78. The third-order valence-corrected chi connectivity index (χ3v) is 4.60. The first-order valence-electron chi connectivity index (χ1n) is 6.97. The normalized spacial score (nSPS) is 34.7. The Balaban J connectivity index is 2.31. The van der Waals surface area contributed by atoms with Crippen LogP contribution in [-0.2, 0) is 0 Å². The average molecular weight is 227 g/mol. The Hall–Kier alpha value is -0.0800. The van der Waals surface area contributed by atoms with Crippen LogP contribution in [0.1, 0.15) is 53.4 Å². The minimum Gasteiger partial charge on any atom is -0.392 e. The summed E-state index contributed by atoms with van der Waals surface area (Å²) in [6.45, 7) is 9.72. The van der Waals surface area contributed by atoms with Crippen LogP contribution in [0.4, 0.5) is 0 Å². The summed E-state index contributed by atoms with van der Waals surface area (Å²) < 4.78 is 0. The van der Waals surface area contributed by atoms with Crippen molar-refractivity contribution in [2.75, 3.05) is 6.54 Å². The molecular weight excluding hydrogens is 198 g/mol. The van der Waals surface area contributed by atoms with Gasteiger partial charge in [-0.2, -0.15) is 0 Å². The molecule has 1 aliphatic rings. The molecule has 5 atom stereocenters. The predicted octanol–water partition coefficient (Wildman–Crippen LogP) is 2.81. The summed E-state index contributed by atoms with van der Waals surface area (Å²) in [6, 6.07) is 0.613. The van der Waals surface area contributed by atoms with Crippen molar-refractivity contribution in [1.29, 1.82) is 0 Å². The van der Waals surface area contributed by atoms with Crippen molar-refractivity contribution in [3.63, 3.8) is 0 Å². The van der Waals surface area contributed by atoms with Gasteiger partial charge in [0, 0.05) is 12.6 Å². The molecule has 0 spiro atoms. The van der Waals surface area contributed by atoms with Crippen molar-refractivity contribution in [3.8, 4) is 0 Å². The highest BCUT2D eigenvalue weighted by Gasteiger charge is 2.27. The molecule has 2 heteroatoms. The van der Waals surface area contributed by atoms with E-state index in [1.807, 2.05) is 0 Å². The zero-order valence-electron chi connectivity index (χ0n) is 11.4. The standard InChI is InChI=1S/C14H29NO/c1-5-10(2)14(16)9-15-13-8-6-7-11(3)12(13)4/h10-16H,5-9H2,1-4H3. The van der Waals surface area contributed by atoms with Crippen molar-refractivity contribution >= 4 is 0 Å². The monoisotopic (exact) mass is 227 g/mol. The molecule has 0 aliphatic heterocycles. The van der Waals surface area contributed by atoms with E-state index in [9.17, 15) is 5.11 Å². The Labute approximate surface area is 101 Å². The smallest absolute Gasteiger partial charge is 0.0690 e. The highest BCUT2D eigenvalue weighted by molar-refractivity contribution is 4.83. The number of hydrogen-bond donors (Lipinski definition) is 2. The second-order valence-corrected chi connectivity index (χ2v) is 5.73. The summed E-state index contributed by atoms with van der Waals surface area (Å²) in [5.74, 6) is 1.98. The van der Waals surface area contributed by atoms with Crippen molar-refractivity contribution in [3.05, 3.63) is 0 Å². The second kappa shape index (κ2) is 6.61. The molecule has 0 amide bonds. The lowest BCUT2D eigenvalue weighted by Gasteiger charge is -2.35. The number of nitrogens with one attached hydrogen (secondary N) is 1.